The van der Waals surface area contributed by atoms with Gasteiger partial charge >= 0.3 is 0 Å². The lowest BCUT2D eigenvalue weighted by Crippen LogP contribution is -1.70. The Morgan fingerprint density at radius 2 is 0.812 bits per heavy atom. The zero-order valence-electron chi connectivity index (χ0n) is 10.00. The fourth-order valence-corrected chi connectivity index (χ4v) is 1.53. The van der Waals surface area contributed by atoms with Crippen molar-refractivity contribution in [3.05, 3.63) is 68.8 Å². The van der Waals surface area contributed by atoms with Crippen molar-refractivity contribution < 1.29 is 0 Å². The van der Waals surface area contributed by atoms with E-state index in [0.29, 0.717) is 0 Å². The third-order valence-corrected chi connectivity index (χ3v) is 2.95. The summed E-state index contributed by atoms with van der Waals surface area (Å²) in [5, 5.41) is 0. The fraction of sp³-hybridized carbons (Fsp3) is 0.200. The zero-order valence-corrected chi connectivity index (χ0v) is 12.2. The van der Waals surface area contributed by atoms with Crippen molar-refractivity contribution in [3.8, 4) is 0 Å². The first-order valence-electron chi connectivity index (χ1n) is 5.33. The second-order valence-corrected chi connectivity index (χ2v) is 5.20. The predicted octanol–water partition coefficient (Wildman–Crippen LogP) is 4.90. The monoisotopic (exact) mass is 324 g/mol. The van der Waals surface area contributed by atoms with Crippen LogP contribution in [0, 0.1) is 24.3 Å². The highest BCUT2D eigenvalue weighted by molar-refractivity contribution is 14.1. The molecule has 0 atom stereocenters. The Bertz CT molecular complexity index is 327. The molecule has 2 aromatic rings. The lowest BCUT2D eigenvalue weighted by molar-refractivity contribution is 1.40. The molecule has 0 bridgehead atoms. The molecule has 0 aliphatic rings. The molecule has 1 heteroatoms. The van der Waals surface area contributed by atoms with Crippen LogP contribution in [0.3, 0.4) is 0 Å². The molecule has 2 aromatic carbocycles. The molecule has 0 heterocycles. The minimum atomic E-state index is 1.30. The standard InChI is InChI=1S/C8H10.C7H7I/c1-7-3-5-8(2)6-4-7;1-6-2-4-7(8)5-3-6/h3-6H,1-2H3;2-5H,1H3. The van der Waals surface area contributed by atoms with Gasteiger partial charge in [-0.15, -0.1) is 0 Å². The van der Waals surface area contributed by atoms with E-state index in [1.165, 1.54) is 20.3 Å². The highest BCUT2D eigenvalue weighted by Gasteiger charge is 1.81. The Morgan fingerprint density at radius 1 is 0.562 bits per heavy atom. The van der Waals surface area contributed by atoms with E-state index in [0.717, 1.165) is 0 Å². The molecule has 0 radical (unpaired) electrons. The Balaban J connectivity index is 0.000000160. The van der Waals surface area contributed by atoms with Crippen molar-refractivity contribution in [1.82, 2.24) is 0 Å². The molecule has 0 unspecified atom stereocenters. The van der Waals surface area contributed by atoms with Crippen LogP contribution >= 0.6 is 22.6 Å². The van der Waals surface area contributed by atoms with Gasteiger partial charge in [-0.05, 0) is 55.5 Å². The minimum absolute atomic E-state index is 1.30. The maximum Gasteiger partial charge on any atom is 0.0130 e. The lowest BCUT2D eigenvalue weighted by atomic mass is 10.2. The molecule has 0 aliphatic heterocycles. The molecule has 2 rings (SSSR count). The van der Waals surface area contributed by atoms with Crippen molar-refractivity contribution in [2.45, 2.75) is 20.8 Å². The first-order valence-corrected chi connectivity index (χ1v) is 6.41. The average Bonchev–Trinajstić information content (AvgIpc) is 2.28. The summed E-state index contributed by atoms with van der Waals surface area (Å²) < 4.78 is 1.30. The van der Waals surface area contributed by atoms with Crippen LogP contribution in [0.15, 0.2) is 48.5 Å². The van der Waals surface area contributed by atoms with Crippen LogP contribution in [0.25, 0.3) is 0 Å². The lowest BCUT2D eigenvalue weighted by Gasteiger charge is -1.90. The van der Waals surface area contributed by atoms with Crippen LogP contribution in [-0.2, 0) is 0 Å². The number of benzene rings is 2. The van der Waals surface area contributed by atoms with E-state index in [-0.39, 0.29) is 0 Å². The molecule has 84 valence electrons. The van der Waals surface area contributed by atoms with Gasteiger partial charge < -0.3 is 0 Å². The molecule has 0 N–H and O–H groups in total. The van der Waals surface area contributed by atoms with Crippen LogP contribution in [0.4, 0.5) is 0 Å². The van der Waals surface area contributed by atoms with E-state index in [4.69, 9.17) is 0 Å². The maximum absolute atomic E-state index is 2.30. The Labute approximate surface area is 112 Å². The molecule has 16 heavy (non-hydrogen) atoms. The average molecular weight is 324 g/mol. The number of halogens is 1. The smallest absolute Gasteiger partial charge is 0.0130 e. The predicted molar refractivity (Wildman–Crippen MR) is 79.8 cm³/mol. The molecule has 0 saturated carbocycles. The van der Waals surface area contributed by atoms with E-state index in [9.17, 15) is 0 Å². The Hall–Kier alpha value is -0.830. The van der Waals surface area contributed by atoms with E-state index in [1.54, 1.807) is 0 Å². The highest BCUT2D eigenvalue weighted by atomic mass is 127. The molecule has 0 aromatic heterocycles. The first-order chi connectivity index (χ1) is 7.58. The highest BCUT2D eigenvalue weighted by Crippen LogP contribution is 2.04. The summed E-state index contributed by atoms with van der Waals surface area (Å²) in [6.07, 6.45) is 0. The van der Waals surface area contributed by atoms with Crippen molar-refractivity contribution in [2.24, 2.45) is 0 Å². The first kappa shape index (κ1) is 13.2. The molecular weight excluding hydrogens is 307 g/mol. The molecule has 0 spiro atoms. The van der Waals surface area contributed by atoms with Gasteiger partial charge in [0, 0.05) is 3.57 Å². The second kappa shape index (κ2) is 6.69. The minimum Gasteiger partial charge on any atom is -0.0591 e. The fourth-order valence-electron chi connectivity index (χ4n) is 1.17. The molecular formula is C15H17I. The van der Waals surface area contributed by atoms with Crippen LogP contribution in [-0.4, -0.2) is 0 Å². The van der Waals surface area contributed by atoms with E-state index in [2.05, 4.69) is 91.9 Å². The van der Waals surface area contributed by atoms with Gasteiger partial charge in [-0.1, -0.05) is 53.1 Å². The summed E-state index contributed by atoms with van der Waals surface area (Å²) in [7, 11) is 0. The number of rotatable bonds is 0. The summed E-state index contributed by atoms with van der Waals surface area (Å²) in [5.74, 6) is 0. The zero-order chi connectivity index (χ0) is 12.0. The molecule has 0 fully saturated rings. The van der Waals surface area contributed by atoms with Gasteiger partial charge in [0.2, 0.25) is 0 Å². The summed E-state index contributed by atoms with van der Waals surface area (Å²) in [5.41, 5.74) is 3.98. The number of aryl methyl sites for hydroxylation is 3. The van der Waals surface area contributed by atoms with Gasteiger partial charge in [0.15, 0.2) is 0 Å². The van der Waals surface area contributed by atoms with Gasteiger partial charge in [0.1, 0.15) is 0 Å². The third-order valence-electron chi connectivity index (χ3n) is 2.23. The van der Waals surface area contributed by atoms with E-state index in [1.807, 2.05) is 0 Å². The van der Waals surface area contributed by atoms with Crippen LogP contribution in [0.2, 0.25) is 0 Å². The largest absolute Gasteiger partial charge is 0.0591 e. The topological polar surface area (TPSA) is 0 Å². The van der Waals surface area contributed by atoms with Crippen molar-refractivity contribution in [2.75, 3.05) is 0 Å². The Morgan fingerprint density at radius 3 is 1.06 bits per heavy atom. The van der Waals surface area contributed by atoms with Crippen LogP contribution in [0.5, 0.6) is 0 Å². The SMILES string of the molecule is Cc1ccc(C)cc1.Cc1ccc(I)cc1. The van der Waals surface area contributed by atoms with E-state index < -0.39 is 0 Å². The van der Waals surface area contributed by atoms with Crippen molar-refractivity contribution in [1.29, 1.82) is 0 Å². The molecule has 0 amide bonds. The van der Waals surface area contributed by atoms with Crippen LogP contribution < -0.4 is 0 Å². The normalized spacial score (nSPS) is 9.25. The maximum atomic E-state index is 2.30. The van der Waals surface area contributed by atoms with Gasteiger partial charge in [0.05, 0.1) is 0 Å². The quantitative estimate of drug-likeness (QED) is 0.605. The molecule has 0 nitrogen and oxygen atoms in total. The van der Waals surface area contributed by atoms with E-state index >= 15 is 0 Å². The second-order valence-electron chi connectivity index (χ2n) is 3.95. The summed E-state index contributed by atoms with van der Waals surface area (Å²) >= 11 is 2.30. The Kier molecular flexibility index (Phi) is 5.53. The van der Waals surface area contributed by atoms with Crippen LogP contribution in [0.1, 0.15) is 16.7 Å². The third kappa shape index (κ3) is 5.31. The van der Waals surface area contributed by atoms with Crippen molar-refractivity contribution in [3.63, 3.8) is 0 Å². The van der Waals surface area contributed by atoms with Gasteiger partial charge in [0.25, 0.3) is 0 Å². The van der Waals surface area contributed by atoms with Crippen molar-refractivity contribution >= 4 is 22.6 Å². The number of hydrogen-bond donors (Lipinski definition) is 0. The van der Waals surface area contributed by atoms with Gasteiger partial charge in [-0.25, -0.2) is 0 Å². The summed E-state index contributed by atoms with van der Waals surface area (Å²) in [4.78, 5) is 0. The van der Waals surface area contributed by atoms with Gasteiger partial charge in [-0.2, -0.15) is 0 Å². The van der Waals surface area contributed by atoms with Gasteiger partial charge in [-0.3, -0.25) is 0 Å². The molecule has 0 aliphatic carbocycles. The summed E-state index contributed by atoms with van der Waals surface area (Å²) in [6.45, 7) is 6.29. The number of hydrogen-bond acceptors (Lipinski definition) is 0. The molecule has 0 saturated heterocycles. The summed E-state index contributed by atoms with van der Waals surface area (Å²) in [6, 6.07) is 16.9.